The molecule has 126 valence electrons. The summed E-state index contributed by atoms with van der Waals surface area (Å²) in [5.74, 6) is -0.810. The van der Waals surface area contributed by atoms with Crippen molar-refractivity contribution < 1.29 is 24.2 Å². The lowest BCUT2D eigenvalue weighted by Crippen LogP contribution is -2.52. The molecule has 1 unspecified atom stereocenters. The van der Waals surface area contributed by atoms with Gasteiger partial charge in [-0.3, -0.25) is 4.79 Å². The summed E-state index contributed by atoms with van der Waals surface area (Å²) in [5.41, 5.74) is 0.409. The van der Waals surface area contributed by atoms with Gasteiger partial charge in [0.15, 0.2) is 6.04 Å². The molecule has 1 N–H and O–H groups in total. The van der Waals surface area contributed by atoms with Crippen molar-refractivity contribution >= 4 is 23.2 Å². The number of aliphatic carboxylic acids is 1. The van der Waals surface area contributed by atoms with Crippen LogP contribution in [0.15, 0.2) is 41.8 Å². The number of thiophene rings is 1. The fraction of sp³-hybridized carbons (Fsp3) is 0.294. The lowest BCUT2D eigenvalue weighted by molar-refractivity contribution is -0.147. The molecular formula is C17H17NO5S. The van der Waals surface area contributed by atoms with Gasteiger partial charge in [-0.25, -0.2) is 4.79 Å². The first-order chi connectivity index (χ1) is 11.6. The van der Waals surface area contributed by atoms with Crippen molar-refractivity contribution in [2.24, 2.45) is 0 Å². The third-order valence-corrected chi connectivity index (χ3v) is 4.57. The Kier molecular flexibility index (Phi) is 5.12. The summed E-state index contributed by atoms with van der Waals surface area (Å²) < 4.78 is 10.9. The number of amides is 1. The Labute approximate surface area is 143 Å². The van der Waals surface area contributed by atoms with Gasteiger partial charge in [0, 0.05) is 17.0 Å². The van der Waals surface area contributed by atoms with Gasteiger partial charge in [-0.15, -0.1) is 11.3 Å². The zero-order valence-electron chi connectivity index (χ0n) is 12.9. The molecule has 1 atom stereocenters. The van der Waals surface area contributed by atoms with E-state index in [-0.39, 0.29) is 19.1 Å². The Morgan fingerprint density at radius 2 is 2.21 bits per heavy atom. The van der Waals surface area contributed by atoms with Crippen LogP contribution in [0.2, 0.25) is 0 Å². The molecule has 3 rings (SSSR count). The normalized spacial score (nSPS) is 17.5. The molecule has 0 saturated carbocycles. The highest BCUT2D eigenvalue weighted by Crippen LogP contribution is 2.20. The Hall–Kier alpha value is -2.38. The third-order valence-electron chi connectivity index (χ3n) is 3.72. The highest BCUT2D eigenvalue weighted by atomic mass is 32.1. The predicted molar refractivity (Wildman–Crippen MR) is 88.4 cm³/mol. The zero-order chi connectivity index (χ0) is 16.9. The molecule has 7 heteroatoms. The second-order valence-electron chi connectivity index (χ2n) is 5.32. The summed E-state index contributed by atoms with van der Waals surface area (Å²) in [5, 5.41) is 11.2. The van der Waals surface area contributed by atoms with Crippen LogP contribution in [0.4, 0.5) is 0 Å². The number of hydrogen-bond donors (Lipinski definition) is 1. The van der Waals surface area contributed by atoms with Crippen molar-refractivity contribution in [3.63, 3.8) is 0 Å². The van der Waals surface area contributed by atoms with Crippen LogP contribution in [0.25, 0.3) is 0 Å². The fourth-order valence-corrected chi connectivity index (χ4v) is 3.10. The van der Waals surface area contributed by atoms with Gasteiger partial charge in [0.25, 0.3) is 5.91 Å². The number of carbonyl (C=O) groups excluding carboxylic acids is 1. The largest absolute Gasteiger partial charge is 0.488 e. The molecule has 6 nitrogen and oxygen atoms in total. The van der Waals surface area contributed by atoms with Crippen molar-refractivity contribution in [1.29, 1.82) is 0 Å². The first kappa shape index (κ1) is 16.5. The van der Waals surface area contributed by atoms with E-state index in [2.05, 4.69) is 0 Å². The molecule has 0 bridgehead atoms. The maximum atomic E-state index is 12.7. The number of morpholine rings is 1. The van der Waals surface area contributed by atoms with Crippen LogP contribution in [0.3, 0.4) is 0 Å². The second kappa shape index (κ2) is 7.46. The maximum Gasteiger partial charge on any atom is 0.328 e. The Morgan fingerprint density at radius 3 is 2.96 bits per heavy atom. The number of carboxylic acids is 1. The fourth-order valence-electron chi connectivity index (χ4n) is 2.49. The van der Waals surface area contributed by atoms with Gasteiger partial charge in [0.2, 0.25) is 0 Å². The summed E-state index contributed by atoms with van der Waals surface area (Å²) in [6, 6.07) is 9.78. The SMILES string of the molecule is O=C(O)C1COCCN1C(=O)c1cccc(OCc2cccs2)c1. The van der Waals surface area contributed by atoms with Gasteiger partial charge in [-0.2, -0.15) is 0 Å². The van der Waals surface area contributed by atoms with E-state index in [9.17, 15) is 14.7 Å². The molecule has 1 saturated heterocycles. The van der Waals surface area contributed by atoms with E-state index in [0.29, 0.717) is 24.5 Å². The molecule has 1 fully saturated rings. The molecule has 1 aliphatic rings. The first-order valence-corrected chi connectivity index (χ1v) is 8.40. The van der Waals surface area contributed by atoms with Crippen molar-refractivity contribution in [1.82, 2.24) is 4.90 Å². The standard InChI is InChI=1S/C17H17NO5S/c19-16(18-6-7-22-11-15(18)17(20)21)12-3-1-4-13(9-12)23-10-14-5-2-8-24-14/h1-5,8-9,15H,6-7,10-11H2,(H,20,21). The van der Waals surface area contributed by atoms with Crippen LogP contribution in [-0.2, 0) is 16.1 Å². The number of nitrogens with zero attached hydrogens (tertiary/aromatic N) is 1. The van der Waals surface area contributed by atoms with Crippen molar-refractivity contribution in [2.75, 3.05) is 19.8 Å². The van der Waals surface area contributed by atoms with Gasteiger partial charge in [-0.1, -0.05) is 12.1 Å². The van der Waals surface area contributed by atoms with Crippen molar-refractivity contribution in [3.05, 3.63) is 52.2 Å². The molecule has 1 aromatic carbocycles. The Balaban J connectivity index is 1.72. The third kappa shape index (κ3) is 3.74. The van der Waals surface area contributed by atoms with E-state index in [1.54, 1.807) is 35.6 Å². The van der Waals surface area contributed by atoms with E-state index >= 15 is 0 Å². The van der Waals surface area contributed by atoms with Gasteiger partial charge in [-0.05, 0) is 29.6 Å². The van der Waals surface area contributed by atoms with Crippen LogP contribution in [0, 0.1) is 0 Å². The number of carboxylic acid groups (broad SMARTS) is 1. The minimum absolute atomic E-state index is 0.00957. The minimum atomic E-state index is -1.06. The van der Waals surface area contributed by atoms with Gasteiger partial charge in [0.1, 0.15) is 12.4 Å². The summed E-state index contributed by atoms with van der Waals surface area (Å²) in [6.45, 7) is 1.04. The number of benzene rings is 1. The summed E-state index contributed by atoms with van der Waals surface area (Å²) in [6.07, 6.45) is 0. The highest BCUT2D eigenvalue weighted by Gasteiger charge is 2.33. The number of ether oxygens (including phenoxy) is 2. The highest BCUT2D eigenvalue weighted by molar-refractivity contribution is 7.09. The van der Waals surface area contributed by atoms with Crippen molar-refractivity contribution in [2.45, 2.75) is 12.6 Å². The van der Waals surface area contributed by atoms with E-state index in [0.717, 1.165) is 4.88 Å². The molecular weight excluding hydrogens is 330 g/mol. The van der Waals surface area contributed by atoms with E-state index < -0.39 is 12.0 Å². The Bertz CT molecular complexity index is 716. The lowest BCUT2D eigenvalue weighted by atomic mass is 10.1. The van der Waals surface area contributed by atoms with Crippen LogP contribution >= 0.6 is 11.3 Å². The molecule has 1 amide bonds. The Morgan fingerprint density at radius 1 is 1.33 bits per heavy atom. The summed E-state index contributed by atoms with van der Waals surface area (Å²) >= 11 is 1.60. The van der Waals surface area contributed by atoms with Crippen LogP contribution in [0.5, 0.6) is 5.75 Å². The summed E-state index contributed by atoms with van der Waals surface area (Å²) in [4.78, 5) is 26.4. The molecule has 2 aromatic rings. The molecule has 2 heterocycles. The average Bonchev–Trinajstić information content (AvgIpc) is 3.13. The zero-order valence-corrected chi connectivity index (χ0v) is 13.7. The topological polar surface area (TPSA) is 76.1 Å². The number of carbonyl (C=O) groups is 2. The van der Waals surface area contributed by atoms with E-state index in [4.69, 9.17) is 9.47 Å². The van der Waals surface area contributed by atoms with E-state index in [1.165, 1.54) is 4.90 Å². The predicted octanol–water partition coefficient (Wildman–Crippen LogP) is 2.25. The van der Waals surface area contributed by atoms with Crippen LogP contribution in [0.1, 0.15) is 15.2 Å². The van der Waals surface area contributed by atoms with E-state index in [1.807, 2.05) is 17.5 Å². The quantitative estimate of drug-likeness (QED) is 0.898. The molecule has 0 spiro atoms. The van der Waals surface area contributed by atoms with Gasteiger partial charge in [0.05, 0.1) is 13.2 Å². The molecule has 0 radical (unpaired) electrons. The lowest BCUT2D eigenvalue weighted by Gasteiger charge is -2.32. The average molecular weight is 347 g/mol. The van der Waals surface area contributed by atoms with Crippen LogP contribution in [-0.4, -0.2) is 47.7 Å². The second-order valence-corrected chi connectivity index (χ2v) is 6.36. The van der Waals surface area contributed by atoms with Gasteiger partial charge >= 0.3 is 5.97 Å². The number of rotatable bonds is 5. The monoisotopic (exact) mass is 347 g/mol. The molecule has 0 aliphatic carbocycles. The molecule has 1 aromatic heterocycles. The molecule has 1 aliphatic heterocycles. The first-order valence-electron chi connectivity index (χ1n) is 7.52. The summed E-state index contributed by atoms with van der Waals surface area (Å²) in [7, 11) is 0. The smallest absolute Gasteiger partial charge is 0.328 e. The molecule has 24 heavy (non-hydrogen) atoms. The number of hydrogen-bond acceptors (Lipinski definition) is 5. The maximum absolute atomic E-state index is 12.7. The van der Waals surface area contributed by atoms with Crippen LogP contribution < -0.4 is 4.74 Å². The minimum Gasteiger partial charge on any atom is -0.488 e. The van der Waals surface area contributed by atoms with Crippen molar-refractivity contribution in [3.8, 4) is 5.75 Å². The van der Waals surface area contributed by atoms with Gasteiger partial charge < -0.3 is 19.5 Å².